The van der Waals surface area contributed by atoms with Crippen LogP contribution in [0.15, 0.2) is 53.8 Å². The fourth-order valence-electron chi connectivity index (χ4n) is 3.81. The Morgan fingerprint density at radius 3 is 2.36 bits per heavy atom. The summed E-state index contributed by atoms with van der Waals surface area (Å²) in [5.41, 5.74) is -0.786. The predicted molar refractivity (Wildman–Crippen MR) is 153 cm³/mol. The van der Waals surface area contributed by atoms with Gasteiger partial charge in [-0.15, -0.1) is 0 Å². The number of benzene rings is 1. The summed E-state index contributed by atoms with van der Waals surface area (Å²) >= 11 is 5.91. The second-order valence-electron chi connectivity index (χ2n) is 10.7. The number of rotatable bonds is 9. The number of nitrogens with zero attached hydrogens (tertiary/aromatic N) is 5. The largest absolute Gasteiger partial charge is 0.493 e. The van der Waals surface area contributed by atoms with Gasteiger partial charge in [-0.25, -0.2) is 28.9 Å². The zero-order valence-corrected chi connectivity index (χ0v) is 24.8. The van der Waals surface area contributed by atoms with E-state index in [9.17, 15) is 14.4 Å². The molecular formula is C28H31ClN6O7. The number of halogens is 1. The molecule has 4 rings (SSSR count). The zero-order valence-electron chi connectivity index (χ0n) is 24.0. The molecule has 4 aromatic rings. The van der Waals surface area contributed by atoms with E-state index >= 15 is 0 Å². The van der Waals surface area contributed by atoms with Crippen molar-refractivity contribution in [3.8, 4) is 28.7 Å². The van der Waals surface area contributed by atoms with E-state index in [0.29, 0.717) is 39.4 Å². The minimum absolute atomic E-state index is 0.0256. The maximum atomic E-state index is 13.5. The molecular weight excluding hydrogens is 568 g/mol. The molecule has 1 aromatic carbocycles. The lowest BCUT2D eigenvalue weighted by atomic mass is 10.1. The van der Waals surface area contributed by atoms with Crippen molar-refractivity contribution in [1.82, 2.24) is 29.2 Å². The number of carbonyl (C=O) groups excluding carboxylic acids is 2. The number of fused-ring (bicyclic) bond motifs is 1. The first-order valence-electron chi connectivity index (χ1n) is 12.8. The molecule has 222 valence electrons. The number of nitrogens with one attached hydrogen (secondary N) is 1. The standard InChI is InChI=1S/C28H31ClN6O7/c1-27(2,3)42-25(37)32-14-23(36)41-28(4,5)15-40-20-9-7-18(11-21(20)39-6)34-16-33-22-10-8-19(35(22)26(34)38)24-30-12-17(29)13-31-24/h7-13,16H,14-15H2,1-6H3,(H,32,37). The molecule has 42 heavy (non-hydrogen) atoms. The SMILES string of the molecule is COc1cc(-n2cnc3ccc(-c4ncc(Cl)cn4)n3c2=O)ccc1OCC(C)(C)OC(=O)CNC(=O)OC(C)(C)C. The third-order valence-electron chi connectivity index (χ3n) is 5.58. The average Bonchev–Trinajstić information content (AvgIpc) is 3.35. The van der Waals surface area contributed by atoms with Crippen molar-refractivity contribution < 1.29 is 28.5 Å². The maximum Gasteiger partial charge on any atom is 0.408 e. The van der Waals surface area contributed by atoms with Crippen LogP contribution in [0.25, 0.3) is 22.9 Å². The van der Waals surface area contributed by atoms with Gasteiger partial charge >= 0.3 is 17.8 Å². The van der Waals surface area contributed by atoms with Gasteiger partial charge in [0.15, 0.2) is 17.3 Å². The Morgan fingerprint density at radius 1 is 0.976 bits per heavy atom. The highest BCUT2D eigenvalue weighted by Crippen LogP contribution is 2.30. The molecule has 3 heterocycles. The first-order chi connectivity index (χ1) is 19.8. The van der Waals surface area contributed by atoms with E-state index in [1.165, 1.54) is 34.8 Å². The van der Waals surface area contributed by atoms with Crippen LogP contribution >= 0.6 is 11.6 Å². The van der Waals surface area contributed by atoms with Crippen molar-refractivity contribution in [2.24, 2.45) is 0 Å². The van der Waals surface area contributed by atoms with Crippen LogP contribution in [0.5, 0.6) is 11.5 Å². The zero-order chi connectivity index (χ0) is 30.7. The highest BCUT2D eigenvalue weighted by molar-refractivity contribution is 6.30. The Hall–Kier alpha value is -4.65. The normalized spacial score (nSPS) is 11.7. The van der Waals surface area contributed by atoms with Crippen molar-refractivity contribution in [2.75, 3.05) is 20.3 Å². The second-order valence-corrected chi connectivity index (χ2v) is 11.2. The molecule has 0 saturated carbocycles. The van der Waals surface area contributed by atoms with E-state index in [0.717, 1.165) is 0 Å². The van der Waals surface area contributed by atoms with Gasteiger partial charge in [-0.1, -0.05) is 11.6 Å². The molecule has 14 heteroatoms. The summed E-state index contributed by atoms with van der Waals surface area (Å²) in [6.07, 6.45) is 3.58. The number of aromatic nitrogens is 5. The van der Waals surface area contributed by atoms with Crippen molar-refractivity contribution in [3.05, 3.63) is 64.6 Å². The van der Waals surface area contributed by atoms with Crippen molar-refractivity contribution in [1.29, 1.82) is 0 Å². The Morgan fingerprint density at radius 2 is 1.69 bits per heavy atom. The monoisotopic (exact) mass is 598 g/mol. The topological polar surface area (TPSA) is 148 Å². The lowest BCUT2D eigenvalue weighted by Crippen LogP contribution is -2.40. The van der Waals surface area contributed by atoms with Gasteiger partial charge in [0.25, 0.3) is 0 Å². The lowest BCUT2D eigenvalue weighted by molar-refractivity contribution is -0.157. The Kier molecular flexibility index (Phi) is 8.71. The predicted octanol–water partition coefficient (Wildman–Crippen LogP) is 3.83. The van der Waals surface area contributed by atoms with Crippen molar-refractivity contribution in [3.63, 3.8) is 0 Å². The van der Waals surface area contributed by atoms with E-state index < -0.39 is 29.0 Å². The van der Waals surface area contributed by atoms with E-state index in [1.54, 1.807) is 65.0 Å². The van der Waals surface area contributed by atoms with E-state index in [1.807, 2.05) is 0 Å². The second kappa shape index (κ2) is 12.1. The summed E-state index contributed by atoms with van der Waals surface area (Å²) in [4.78, 5) is 50.4. The molecule has 0 fully saturated rings. The van der Waals surface area contributed by atoms with Gasteiger partial charge in [0.2, 0.25) is 0 Å². The van der Waals surface area contributed by atoms with E-state index in [4.69, 9.17) is 30.5 Å². The fraction of sp³-hybridized carbons (Fsp3) is 0.357. The van der Waals surface area contributed by atoms with Gasteiger partial charge in [-0.2, -0.15) is 0 Å². The summed E-state index contributed by atoms with van der Waals surface area (Å²) in [7, 11) is 1.46. The first-order valence-corrected chi connectivity index (χ1v) is 13.2. The van der Waals surface area contributed by atoms with Gasteiger partial charge < -0.3 is 24.3 Å². The van der Waals surface area contributed by atoms with Crippen LogP contribution in [0, 0.1) is 0 Å². The Bertz CT molecular complexity index is 1660. The molecule has 1 N–H and O–H groups in total. The number of amides is 1. The minimum Gasteiger partial charge on any atom is -0.493 e. The van der Waals surface area contributed by atoms with Crippen LogP contribution in [-0.2, 0) is 14.3 Å². The molecule has 0 radical (unpaired) electrons. The summed E-state index contributed by atoms with van der Waals surface area (Å²) in [5.74, 6) is 0.353. The molecule has 1 amide bonds. The van der Waals surface area contributed by atoms with Gasteiger partial charge in [-0.3, -0.25) is 9.36 Å². The quantitative estimate of drug-likeness (QED) is 0.282. The van der Waals surface area contributed by atoms with Crippen LogP contribution in [-0.4, -0.2) is 67.4 Å². The number of alkyl carbamates (subject to hydrolysis) is 1. The van der Waals surface area contributed by atoms with Crippen LogP contribution in [0.2, 0.25) is 5.02 Å². The first kappa shape index (κ1) is 30.3. The molecule has 0 saturated heterocycles. The number of ether oxygens (including phenoxy) is 4. The third-order valence-corrected chi connectivity index (χ3v) is 5.77. The fourth-order valence-corrected chi connectivity index (χ4v) is 3.90. The Labute approximate surface area is 246 Å². The molecule has 0 aliphatic carbocycles. The number of carbonyl (C=O) groups is 2. The van der Waals surface area contributed by atoms with Crippen LogP contribution in [0.3, 0.4) is 0 Å². The van der Waals surface area contributed by atoms with Crippen LogP contribution in [0.4, 0.5) is 4.79 Å². The summed E-state index contributed by atoms with van der Waals surface area (Å²) in [5, 5.41) is 2.74. The highest BCUT2D eigenvalue weighted by Gasteiger charge is 2.26. The van der Waals surface area contributed by atoms with Gasteiger partial charge in [-0.05, 0) is 58.9 Å². The molecule has 3 aromatic heterocycles. The molecule has 0 unspecified atom stereocenters. The molecule has 0 aliphatic heterocycles. The van der Waals surface area contributed by atoms with Crippen LogP contribution < -0.4 is 20.5 Å². The van der Waals surface area contributed by atoms with Gasteiger partial charge in [0.1, 0.15) is 36.3 Å². The van der Waals surface area contributed by atoms with E-state index in [-0.39, 0.29) is 13.2 Å². The number of hydrogen-bond donors (Lipinski definition) is 1. The average molecular weight is 599 g/mol. The minimum atomic E-state index is -1.04. The van der Waals surface area contributed by atoms with E-state index in [2.05, 4.69) is 20.3 Å². The van der Waals surface area contributed by atoms with Crippen molar-refractivity contribution in [2.45, 2.75) is 45.8 Å². The lowest BCUT2D eigenvalue weighted by Gasteiger charge is -2.26. The van der Waals surface area contributed by atoms with Crippen molar-refractivity contribution >= 4 is 29.3 Å². The number of methoxy groups -OCH3 is 1. The molecule has 0 spiro atoms. The number of hydrogen-bond acceptors (Lipinski definition) is 10. The van der Waals surface area contributed by atoms with Crippen LogP contribution in [0.1, 0.15) is 34.6 Å². The third kappa shape index (κ3) is 7.35. The molecule has 0 atom stereocenters. The molecule has 0 bridgehead atoms. The van der Waals surface area contributed by atoms with Gasteiger partial charge in [0, 0.05) is 18.5 Å². The molecule has 0 aliphatic rings. The highest BCUT2D eigenvalue weighted by atomic mass is 35.5. The summed E-state index contributed by atoms with van der Waals surface area (Å²) in [6.45, 7) is 8.10. The number of esters is 1. The Balaban J connectivity index is 1.48. The molecule has 13 nitrogen and oxygen atoms in total. The summed E-state index contributed by atoms with van der Waals surface area (Å²) in [6, 6.07) is 8.32. The maximum absolute atomic E-state index is 13.5. The van der Waals surface area contributed by atoms with Gasteiger partial charge in [0.05, 0.1) is 23.5 Å². The summed E-state index contributed by atoms with van der Waals surface area (Å²) < 4.78 is 24.7. The smallest absolute Gasteiger partial charge is 0.408 e.